The Hall–Kier alpha value is -2.54. The molecule has 7 heteroatoms. The number of carbonyl (C=O) groups is 2. The van der Waals surface area contributed by atoms with Crippen molar-refractivity contribution in [2.75, 3.05) is 33.9 Å². The molecule has 1 fully saturated rings. The van der Waals surface area contributed by atoms with Crippen molar-refractivity contribution in [3.05, 3.63) is 46.7 Å². The summed E-state index contributed by atoms with van der Waals surface area (Å²) in [5, 5.41) is 1.88. The maximum Gasteiger partial charge on any atom is 0.264 e. The van der Waals surface area contributed by atoms with Crippen molar-refractivity contribution in [1.29, 1.82) is 0 Å². The lowest BCUT2D eigenvalue weighted by Crippen LogP contribution is -2.47. The lowest BCUT2D eigenvalue weighted by Gasteiger charge is -2.27. The van der Waals surface area contributed by atoms with E-state index in [0.717, 1.165) is 17.9 Å². The van der Waals surface area contributed by atoms with E-state index >= 15 is 0 Å². The van der Waals surface area contributed by atoms with Crippen LogP contribution in [0, 0.1) is 0 Å². The van der Waals surface area contributed by atoms with Crippen LogP contribution in [0.25, 0.3) is 0 Å². The van der Waals surface area contributed by atoms with Crippen LogP contribution in [0.15, 0.2) is 41.8 Å². The van der Waals surface area contributed by atoms with Crippen LogP contribution >= 0.6 is 11.3 Å². The highest BCUT2D eigenvalue weighted by Gasteiger charge is 2.36. The van der Waals surface area contributed by atoms with E-state index in [2.05, 4.69) is 0 Å². The van der Waals surface area contributed by atoms with Gasteiger partial charge in [0, 0.05) is 13.6 Å². The minimum absolute atomic E-state index is 0.0317. The van der Waals surface area contributed by atoms with Gasteiger partial charge in [0.15, 0.2) is 0 Å². The molecule has 1 unspecified atom stereocenters. The van der Waals surface area contributed by atoms with Crippen LogP contribution in [-0.4, -0.2) is 61.5 Å². The average molecular weight is 388 g/mol. The van der Waals surface area contributed by atoms with Crippen LogP contribution in [0.4, 0.5) is 0 Å². The molecule has 1 atom stereocenters. The maximum absolute atomic E-state index is 12.8. The monoisotopic (exact) mass is 388 g/mol. The standard InChI is InChI=1S/C20H24N2O4S/c1-21(12-13-26-16-9-7-15(25-2)8-10-16)19(23)17-5-3-11-22(17)20(24)18-6-4-14-27-18/h4,6-10,14,17H,3,5,11-13H2,1-2H3. The number of methoxy groups -OCH3 is 1. The summed E-state index contributed by atoms with van der Waals surface area (Å²) >= 11 is 1.41. The molecule has 1 saturated heterocycles. The third kappa shape index (κ3) is 4.60. The van der Waals surface area contributed by atoms with Gasteiger partial charge in [0.2, 0.25) is 5.91 Å². The number of nitrogens with zero attached hydrogens (tertiary/aromatic N) is 2. The highest BCUT2D eigenvalue weighted by atomic mass is 32.1. The van der Waals surface area contributed by atoms with Gasteiger partial charge < -0.3 is 19.3 Å². The van der Waals surface area contributed by atoms with Crippen molar-refractivity contribution in [2.24, 2.45) is 0 Å². The molecule has 1 aliphatic rings. The first kappa shape index (κ1) is 19.2. The maximum atomic E-state index is 12.8. The minimum Gasteiger partial charge on any atom is -0.497 e. The van der Waals surface area contributed by atoms with Gasteiger partial charge in [0.25, 0.3) is 5.91 Å². The zero-order valence-electron chi connectivity index (χ0n) is 15.6. The number of rotatable bonds is 7. The molecule has 2 heterocycles. The van der Waals surface area contributed by atoms with Gasteiger partial charge in [-0.3, -0.25) is 9.59 Å². The van der Waals surface area contributed by atoms with Crippen LogP contribution in [-0.2, 0) is 4.79 Å². The molecular weight excluding hydrogens is 364 g/mol. The summed E-state index contributed by atoms with van der Waals surface area (Å²) in [4.78, 5) is 29.5. The predicted molar refractivity (Wildman–Crippen MR) is 105 cm³/mol. The summed E-state index contributed by atoms with van der Waals surface area (Å²) in [5.74, 6) is 1.41. The number of amides is 2. The third-order valence-electron chi connectivity index (χ3n) is 4.66. The SMILES string of the molecule is COc1ccc(OCCN(C)C(=O)C2CCCN2C(=O)c2cccs2)cc1. The van der Waals surface area contributed by atoms with E-state index < -0.39 is 0 Å². The number of carbonyl (C=O) groups excluding carboxylic acids is 2. The normalized spacial score (nSPS) is 16.2. The molecule has 2 aromatic rings. The Morgan fingerprint density at radius 2 is 1.96 bits per heavy atom. The number of hydrogen-bond acceptors (Lipinski definition) is 5. The van der Waals surface area contributed by atoms with E-state index in [1.54, 1.807) is 30.0 Å². The summed E-state index contributed by atoms with van der Waals surface area (Å²) in [7, 11) is 3.37. The molecule has 27 heavy (non-hydrogen) atoms. The second-order valence-electron chi connectivity index (χ2n) is 6.42. The third-order valence-corrected chi connectivity index (χ3v) is 5.52. The fourth-order valence-corrected chi connectivity index (χ4v) is 3.82. The Bertz CT molecular complexity index is 761. The number of thiophene rings is 1. The first-order chi connectivity index (χ1) is 13.1. The molecule has 144 valence electrons. The molecule has 1 aromatic heterocycles. The Balaban J connectivity index is 1.52. The molecule has 0 N–H and O–H groups in total. The number of ether oxygens (including phenoxy) is 2. The first-order valence-corrected chi connectivity index (χ1v) is 9.84. The van der Waals surface area contributed by atoms with Crippen molar-refractivity contribution in [3.63, 3.8) is 0 Å². The van der Waals surface area contributed by atoms with Gasteiger partial charge in [-0.05, 0) is 48.6 Å². The summed E-state index contributed by atoms with van der Waals surface area (Å²) in [5.41, 5.74) is 0. The van der Waals surface area contributed by atoms with E-state index in [-0.39, 0.29) is 17.9 Å². The summed E-state index contributed by atoms with van der Waals surface area (Å²) in [6, 6.07) is 10.6. The second kappa shape index (κ2) is 8.90. The van der Waals surface area contributed by atoms with Gasteiger partial charge in [-0.2, -0.15) is 0 Å². The van der Waals surface area contributed by atoms with Crippen molar-refractivity contribution < 1.29 is 19.1 Å². The zero-order chi connectivity index (χ0) is 19.2. The van der Waals surface area contributed by atoms with Gasteiger partial charge in [0.05, 0.1) is 18.5 Å². The summed E-state index contributed by atoms with van der Waals surface area (Å²) in [6.07, 6.45) is 1.56. The number of hydrogen-bond donors (Lipinski definition) is 0. The smallest absolute Gasteiger partial charge is 0.264 e. The fraction of sp³-hybridized carbons (Fsp3) is 0.400. The first-order valence-electron chi connectivity index (χ1n) is 8.96. The molecule has 0 saturated carbocycles. The summed E-state index contributed by atoms with van der Waals surface area (Å²) < 4.78 is 10.8. The minimum atomic E-state index is -0.384. The molecular formula is C20H24N2O4S. The highest BCUT2D eigenvalue weighted by molar-refractivity contribution is 7.12. The molecule has 0 aliphatic carbocycles. The average Bonchev–Trinajstić information content (AvgIpc) is 3.39. The Labute approximate surface area is 163 Å². The topological polar surface area (TPSA) is 59.1 Å². The van der Waals surface area contributed by atoms with Crippen LogP contribution < -0.4 is 9.47 Å². The molecule has 6 nitrogen and oxygen atoms in total. The van der Waals surface area contributed by atoms with E-state index in [1.807, 2.05) is 35.7 Å². The number of benzene rings is 1. The molecule has 2 amide bonds. The van der Waals surface area contributed by atoms with Gasteiger partial charge in [-0.15, -0.1) is 11.3 Å². The van der Waals surface area contributed by atoms with Crippen molar-refractivity contribution in [2.45, 2.75) is 18.9 Å². The van der Waals surface area contributed by atoms with Gasteiger partial charge in [-0.1, -0.05) is 6.07 Å². The van der Waals surface area contributed by atoms with Crippen LogP contribution in [0.3, 0.4) is 0 Å². The second-order valence-corrected chi connectivity index (χ2v) is 7.37. The molecule has 3 rings (SSSR count). The van der Waals surface area contributed by atoms with E-state index in [0.29, 0.717) is 31.0 Å². The van der Waals surface area contributed by atoms with E-state index in [4.69, 9.17) is 9.47 Å². The van der Waals surface area contributed by atoms with E-state index in [1.165, 1.54) is 11.3 Å². The Morgan fingerprint density at radius 1 is 1.22 bits per heavy atom. The Morgan fingerprint density at radius 3 is 2.63 bits per heavy atom. The van der Waals surface area contributed by atoms with E-state index in [9.17, 15) is 9.59 Å². The molecule has 1 aromatic carbocycles. The largest absolute Gasteiger partial charge is 0.497 e. The lowest BCUT2D eigenvalue weighted by molar-refractivity contribution is -0.134. The van der Waals surface area contributed by atoms with Gasteiger partial charge in [-0.25, -0.2) is 0 Å². The fourth-order valence-electron chi connectivity index (χ4n) is 3.15. The van der Waals surface area contributed by atoms with Crippen molar-refractivity contribution in [3.8, 4) is 11.5 Å². The van der Waals surface area contributed by atoms with Crippen LogP contribution in [0.5, 0.6) is 11.5 Å². The van der Waals surface area contributed by atoms with Crippen molar-refractivity contribution >= 4 is 23.2 Å². The highest BCUT2D eigenvalue weighted by Crippen LogP contribution is 2.23. The zero-order valence-corrected chi connectivity index (χ0v) is 16.4. The molecule has 1 aliphatic heterocycles. The Kier molecular flexibility index (Phi) is 6.34. The quantitative estimate of drug-likeness (QED) is 0.732. The molecule has 0 spiro atoms. The van der Waals surface area contributed by atoms with Gasteiger partial charge >= 0.3 is 0 Å². The lowest BCUT2D eigenvalue weighted by atomic mass is 10.2. The number of likely N-dealkylation sites (N-methyl/N-ethyl adjacent to an activating group) is 1. The van der Waals surface area contributed by atoms with Crippen LogP contribution in [0.2, 0.25) is 0 Å². The molecule has 0 radical (unpaired) electrons. The van der Waals surface area contributed by atoms with Crippen LogP contribution in [0.1, 0.15) is 22.5 Å². The number of likely N-dealkylation sites (tertiary alicyclic amines) is 1. The van der Waals surface area contributed by atoms with Crippen molar-refractivity contribution in [1.82, 2.24) is 9.80 Å². The molecule has 0 bridgehead atoms. The van der Waals surface area contributed by atoms with Gasteiger partial charge in [0.1, 0.15) is 24.1 Å². The summed E-state index contributed by atoms with van der Waals surface area (Å²) in [6.45, 7) is 1.48. The predicted octanol–water partition coefficient (Wildman–Crippen LogP) is 2.90.